The zero-order chi connectivity index (χ0) is 13.9. The fourth-order valence-corrected chi connectivity index (χ4v) is 3.10. The summed E-state index contributed by atoms with van der Waals surface area (Å²) < 4.78 is 0. The van der Waals surface area contributed by atoms with Gasteiger partial charge in [-0.25, -0.2) is 0 Å². The van der Waals surface area contributed by atoms with E-state index in [2.05, 4.69) is 49.9 Å². The molecule has 1 aliphatic rings. The molecule has 1 atom stereocenters. The first kappa shape index (κ1) is 14.5. The molecule has 2 nitrogen and oxygen atoms in total. The van der Waals surface area contributed by atoms with Crippen LogP contribution in [-0.4, -0.2) is 24.5 Å². The van der Waals surface area contributed by atoms with Gasteiger partial charge in [-0.15, -0.1) is 0 Å². The molecule has 0 spiro atoms. The predicted molar refractivity (Wildman–Crippen MR) is 82.2 cm³/mol. The highest BCUT2D eigenvalue weighted by Gasteiger charge is 2.31. The maximum absolute atomic E-state index is 6.04. The Kier molecular flexibility index (Phi) is 4.64. The normalized spacial score (nSPS) is 21.3. The summed E-state index contributed by atoms with van der Waals surface area (Å²) in [6.07, 6.45) is 3.89. The van der Waals surface area contributed by atoms with E-state index in [0.29, 0.717) is 18.0 Å². The second-order valence-electron chi connectivity index (χ2n) is 6.37. The van der Waals surface area contributed by atoms with Crippen LogP contribution in [0.25, 0.3) is 0 Å². The van der Waals surface area contributed by atoms with E-state index in [9.17, 15) is 0 Å². The highest BCUT2D eigenvalue weighted by Crippen LogP contribution is 2.36. The van der Waals surface area contributed by atoms with Gasteiger partial charge in [-0.3, -0.25) is 4.90 Å². The van der Waals surface area contributed by atoms with Gasteiger partial charge in [0.25, 0.3) is 0 Å². The molecule has 0 saturated carbocycles. The molecule has 1 fully saturated rings. The van der Waals surface area contributed by atoms with Crippen molar-refractivity contribution < 1.29 is 0 Å². The van der Waals surface area contributed by atoms with E-state index in [0.717, 1.165) is 0 Å². The van der Waals surface area contributed by atoms with Crippen molar-refractivity contribution in [1.82, 2.24) is 4.90 Å². The van der Waals surface area contributed by atoms with E-state index in [1.165, 1.54) is 43.5 Å². The minimum atomic E-state index is 0.390. The lowest BCUT2D eigenvalue weighted by molar-refractivity contribution is 0.0829. The largest absolute Gasteiger partial charge is 0.329 e. The number of nitrogens with two attached hydrogens (primary N) is 1. The lowest BCUT2D eigenvalue weighted by Crippen LogP contribution is -2.42. The molecule has 0 aliphatic carbocycles. The highest BCUT2D eigenvalue weighted by molar-refractivity contribution is 5.25. The van der Waals surface area contributed by atoms with Crippen LogP contribution in [0.3, 0.4) is 0 Å². The second kappa shape index (κ2) is 6.06. The predicted octanol–water partition coefficient (Wildman–Crippen LogP) is 3.51. The zero-order valence-electron chi connectivity index (χ0n) is 12.7. The Bertz CT molecular complexity index is 405. The molecular formula is C17H28N2. The van der Waals surface area contributed by atoms with Gasteiger partial charge in [-0.2, -0.15) is 0 Å². The Morgan fingerprint density at radius 1 is 1.32 bits per heavy atom. The van der Waals surface area contributed by atoms with Crippen LogP contribution in [0.15, 0.2) is 24.3 Å². The van der Waals surface area contributed by atoms with Gasteiger partial charge < -0.3 is 5.73 Å². The standard InChI is InChI=1S/C17H28N2/c1-4-17(3)8-10-19(11-9-17)16(13-18)15-7-5-6-14(2)12-15/h5-7,12,16H,4,8-11,13,18H2,1-3H3. The molecule has 0 amide bonds. The van der Waals surface area contributed by atoms with Crippen molar-refractivity contribution in [2.24, 2.45) is 11.1 Å². The molecule has 1 saturated heterocycles. The SMILES string of the molecule is CCC1(C)CCN(C(CN)c2cccc(C)c2)CC1. The van der Waals surface area contributed by atoms with Crippen molar-refractivity contribution in [2.45, 2.75) is 46.1 Å². The minimum Gasteiger partial charge on any atom is -0.329 e. The monoisotopic (exact) mass is 260 g/mol. The lowest BCUT2D eigenvalue weighted by atomic mass is 9.78. The first-order valence-corrected chi connectivity index (χ1v) is 7.58. The number of nitrogens with zero attached hydrogens (tertiary/aromatic N) is 1. The van der Waals surface area contributed by atoms with Crippen LogP contribution in [-0.2, 0) is 0 Å². The van der Waals surface area contributed by atoms with Gasteiger partial charge in [0.1, 0.15) is 0 Å². The molecule has 19 heavy (non-hydrogen) atoms. The third-order valence-electron chi connectivity index (χ3n) is 4.95. The summed E-state index contributed by atoms with van der Waals surface area (Å²) in [5.41, 5.74) is 9.29. The molecule has 106 valence electrons. The lowest BCUT2D eigenvalue weighted by Gasteiger charge is -2.42. The van der Waals surface area contributed by atoms with Gasteiger partial charge in [0, 0.05) is 12.6 Å². The molecule has 2 N–H and O–H groups in total. The number of hydrogen-bond acceptors (Lipinski definition) is 2. The van der Waals surface area contributed by atoms with Crippen LogP contribution in [0.5, 0.6) is 0 Å². The van der Waals surface area contributed by atoms with Crippen molar-refractivity contribution in [2.75, 3.05) is 19.6 Å². The molecule has 0 bridgehead atoms. The quantitative estimate of drug-likeness (QED) is 0.897. The van der Waals surface area contributed by atoms with Crippen molar-refractivity contribution >= 4 is 0 Å². The van der Waals surface area contributed by atoms with Gasteiger partial charge in [-0.05, 0) is 43.8 Å². The molecule has 2 rings (SSSR count). The minimum absolute atomic E-state index is 0.390. The summed E-state index contributed by atoms with van der Waals surface area (Å²) in [4.78, 5) is 2.58. The molecule has 1 unspecified atom stereocenters. The van der Waals surface area contributed by atoms with Crippen molar-refractivity contribution in [3.63, 3.8) is 0 Å². The number of likely N-dealkylation sites (tertiary alicyclic amines) is 1. The third-order valence-corrected chi connectivity index (χ3v) is 4.95. The Hall–Kier alpha value is -0.860. The van der Waals surface area contributed by atoms with Crippen molar-refractivity contribution in [3.8, 4) is 0 Å². The van der Waals surface area contributed by atoms with Crippen molar-refractivity contribution in [3.05, 3.63) is 35.4 Å². The van der Waals surface area contributed by atoms with Crippen LogP contribution < -0.4 is 5.73 Å². The van der Waals surface area contributed by atoms with Crippen LogP contribution in [0.4, 0.5) is 0 Å². The average molecular weight is 260 g/mol. The summed E-state index contributed by atoms with van der Waals surface area (Å²) in [6.45, 7) is 9.97. The van der Waals surface area contributed by atoms with Gasteiger partial charge in [0.15, 0.2) is 0 Å². The zero-order valence-corrected chi connectivity index (χ0v) is 12.7. The number of rotatable bonds is 4. The fourth-order valence-electron chi connectivity index (χ4n) is 3.10. The first-order chi connectivity index (χ1) is 9.08. The molecule has 1 aromatic carbocycles. The van der Waals surface area contributed by atoms with E-state index >= 15 is 0 Å². The fraction of sp³-hybridized carbons (Fsp3) is 0.647. The Morgan fingerprint density at radius 3 is 2.53 bits per heavy atom. The summed E-state index contributed by atoms with van der Waals surface area (Å²) in [6, 6.07) is 9.19. The topological polar surface area (TPSA) is 29.3 Å². The molecule has 0 aromatic heterocycles. The van der Waals surface area contributed by atoms with Gasteiger partial charge in [-0.1, -0.05) is 50.1 Å². The molecule has 1 aromatic rings. The van der Waals surface area contributed by atoms with E-state index in [1.54, 1.807) is 0 Å². The smallest absolute Gasteiger partial charge is 0.0470 e. The van der Waals surface area contributed by atoms with E-state index < -0.39 is 0 Å². The van der Waals surface area contributed by atoms with E-state index in [4.69, 9.17) is 5.73 Å². The third kappa shape index (κ3) is 3.37. The maximum atomic E-state index is 6.04. The average Bonchev–Trinajstić information content (AvgIpc) is 2.42. The van der Waals surface area contributed by atoms with E-state index in [1.807, 2.05) is 0 Å². The van der Waals surface area contributed by atoms with Crippen LogP contribution in [0, 0.1) is 12.3 Å². The molecule has 0 radical (unpaired) electrons. The number of aryl methyl sites for hydroxylation is 1. The Labute approximate surface area is 118 Å². The van der Waals surface area contributed by atoms with Crippen molar-refractivity contribution in [1.29, 1.82) is 0 Å². The number of hydrogen-bond donors (Lipinski definition) is 1. The molecular weight excluding hydrogens is 232 g/mol. The highest BCUT2D eigenvalue weighted by atomic mass is 15.2. The van der Waals surface area contributed by atoms with E-state index in [-0.39, 0.29) is 0 Å². The summed E-state index contributed by atoms with van der Waals surface area (Å²) in [5.74, 6) is 0. The molecule has 2 heteroatoms. The van der Waals surface area contributed by atoms with Crippen LogP contribution in [0.2, 0.25) is 0 Å². The summed E-state index contributed by atoms with van der Waals surface area (Å²) in [5, 5.41) is 0. The molecule has 1 heterocycles. The van der Waals surface area contributed by atoms with Gasteiger partial charge >= 0.3 is 0 Å². The van der Waals surface area contributed by atoms with Gasteiger partial charge in [0.05, 0.1) is 0 Å². The maximum Gasteiger partial charge on any atom is 0.0470 e. The van der Waals surface area contributed by atoms with Gasteiger partial charge in [0.2, 0.25) is 0 Å². The molecule has 1 aliphatic heterocycles. The van der Waals surface area contributed by atoms with Crippen LogP contribution in [0.1, 0.15) is 50.3 Å². The summed E-state index contributed by atoms with van der Waals surface area (Å²) >= 11 is 0. The second-order valence-corrected chi connectivity index (χ2v) is 6.37. The Balaban J connectivity index is 2.08. The Morgan fingerprint density at radius 2 is 2.00 bits per heavy atom. The summed E-state index contributed by atoms with van der Waals surface area (Å²) in [7, 11) is 0. The van der Waals surface area contributed by atoms with Crippen LogP contribution >= 0.6 is 0 Å². The first-order valence-electron chi connectivity index (χ1n) is 7.58. The number of benzene rings is 1. The number of piperidine rings is 1.